The number of rotatable bonds is 2. The molecule has 2 heterocycles. The van der Waals surface area contributed by atoms with Crippen LogP contribution in [0.15, 0.2) is 18.5 Å². The smallest absolute Gasteiger partial charge is 0.244 e. The van der Waals surface area contributed by atoms with Crippen LogP contribution in [0.3, 0.4) is 0 Å². The van der Waals surface area contributed by atoms with Gasteiger partial charge in [-0.2, -0.15) is 0 Å². The van der Waals surface area contributed by atoms with Gasteiger partial charge in [0.2, 0.25) is 5.91 Å². The number of morpholine rings is 1. The van der Waals surface area contributed by atoms with E-state index >= 15 is 0 Å². The zero-order valence-corrected chi connectivity index (χ0v) is 10.1. The molecule has 1 fully saturated rings. The van der Waals surface area contributed by atoms with E-state index < -0.39 is 0 Å². The SMILES string of the molecule is Cc1cncc(NC(=O)[C@H]2NCCO[C@@H]2C)c1. The molecule has 0 bridgehead atoms. The van der Waals surface area contributed by atoms with E-state index in [4.69, 9.17) is 4.74 Å². The first kappa shape index (κ1) is 12.0. The number of anilines is 1. The fourth-order valence-electron chi connectivity index (χ4n) is 1.87. The Morgan fingerprint density at radius 1 is 1.59 bits per heavy atom. The minimum Gasteiger partial charge on any atom is -0.375 e. The Kier molecular flexibility index (Phi) is 3.71. The summed E-state index contributed by atoms with van der Waals surface area (Å²) in [4.78, 5) is 16.0. The number of aromatic nitrogens is 1. The first-order valence-electron chi connectivity index (χ1n) is 5.74. The van der Waals surface area contributed by atoms with Crippen molar-refractivity contribution in [1.82, 2.24) is 10.3 Å². The van der Waals surface area contributed by atoms with Crippen LogP contribution in [0.4, 0.5) is 5.69 Å². The van der Waals surface area contributed by atoms with Gasteiger partial charge in [0.1, 0.15) is 6.04 Å². The highest BCUT2D eigenvalue weighted by Gasteiger charge is 2.28. The standard InChI is InChI=1S/C12H17N3O2/c1-8-5-10(7-13-6-8)15-12(16)11-9(2)17-4-3-14-11/h5-7,9,11,14H,3-4H2,1-2H3,(H,15,16)/t9-,11+/m1/s1. The zero-order chi connectivity index (χ0) is 12.3. The normalized spacial score (nSPS) is 24.4. The van der Waals surface area contributed by atoms with Crippen LogP contribution in [0.5, 0.6) is 0 Å². The van der Waals surface area contributed by atoms with Crippen LogP contribution in [0.25, 0.3) is 0 Å². The Balaban J connectivity index is 2.01. The van der Waals surface area contributed by atoms with Crippen LogP contribution >= 0.6 is 0 Å². The number of aryl methyl sites for hydroxylation is 1. The molecule has 1 aromatic rings. The van der Waals surface area contributed by atoms with Crippen molar-refractivity contribution in [2.24, 2.45) is 0 Å². The molecule has 1 amide bonds. The van der Waals surface area contributed by atoms with E-state index in [9.17, 15) is 4.79 Å². The molecule has 0 radical (unpaired) electrons. The molecule has 1 aromatic heterocycles. The molecule has 17 heavy (non-hydrogen) atoms. The number of carbonyl (C=O) groups is 1. The van der Waals surface area contributed by atoms with Gasteiger partial charge in [0.05, 0.1) is 24.6 Å². The Bertz CT molecular complexity index is 408. The van der Waals surface area contributed by atoms with Crippen molar-refractivity contribution < 1.29 is 9.53 Å². The maximum absolute atomic E-state index is 12.0. The molecule has 1 aliphatic rings. The van der Waals surface area contributed by atoms with Gasteiger partial charge < -0.3 is 15.4 Å². The van der Waals surface area contributed by atoms with Crippen LogP contribution in [0.1, 0.15) is 12.5 Å². The van der Waals surface area contributed by atoms with Gasteiger partial charge in [0.25, 0.3) is 0 Å². The second-order valence-corrected chi connectivity index (χ2v) is 4.25. The maximum atomic E-state index is 12.0. The highest BCUT2D eigenvalue weighted by atomic mass is 16.5. The molecule has 0 unspecified atom stereocenters. The minimum atomic E-state index is -0.302. The number of hydrogen-bond acceptors (Lipinski definition) is 4. The molecular formula is C12H17N3O2. The first-order chi connectivity index (χ1) is 8.16. The lowest BCUT2D eigenvalue weighted by molar-refractivity contribution is -0.123. The lowest BCUT2D eigenvalue weighted by atomic mass is 10.1. The third kappa shape index (κ3) is 3.01. The van der Waals surface area contributed by atoms with Crippen molar-refractivity contribution in [3.8, 4) is 0 Å². The van der Waals surface area contributed by atoms with Crippen LogP contribution in [0, 0.1) is 6.92 Å². The second-order valence-electron chi connectivity index (χ2n) is 4.25. The van der Waals surface area contributed by atoms with Gasteiger partial charge in [-0.15, -0.1) is 0 Å². The van der Waals surface area contributed by atoms with E-state index in [0.717, 1.165) is 11.3 Å². The molecule has 2 rings (SSSR count). The summed E-state index contributed by atoms with van der Waals surface area (Å²) in [6.07, 6.45) is 3.28. The van der Waals surface area contributed by atoms with E-state index in [2.05, 4.69) is 15.6 Å². The van der Waals surface area contributed by atoms with Crippen LogP contribution in [-0.4, -0.2) is 36.2 Å². The van der Waals surface area contributed by atoms with E-state index in [1.54, 1.807) is 12.4 Å². The molecule has 0 saturated carbocycles. The summed E-state index contributed by atoms with van der Waals surface area (Å²) in [6, 6.07) is 1.59. The van der Waals surface area contributed by atoms with E-state index in [1.165, 1.54) is 0 Å². The highest BCUT2D eigenvalue weighted by molar-refractivity contribution is 5.95. The number of amides is 1. The summed E-state index contributed by atoms with van der Waals surface area (Å²) >= 11 is 0. The molecular weight excluding hydrogens is 218 g/mol. The summed E-state index contributed by atoms with van der Waals surface area (Å²) in [6.45, 7) is 5.18. The first-order valence-corrected chi connectivity index (χ1v) is 5.74. The monoisotopic (exact) mass is 235 g/mol. The molecule has 0 aromatic carbocycles. The summed E-state index contributed by atoms with van der Waals surface area (Å²) in [5, 5.41) is 5.98. The van der Waals surface area contributed by atoms with Crippen LogP contribution < -0.4 is 10.6 Å². The molecule has 92 valence electrons. The summed E-state index contributed by atoms with van der Waals surface area (Å²) in [5.41, 5.74) is 1.73. The Hall–Kier alpha value is -1.46. The molecule has 2 N–H and O–H groups in total. The number of pyridine rings is 1. The van der Waals surface area contributed by atoms with Gasteiger partial charge in [-0.25, -0.2) is 0 Å². The number of ether oxygens (including phenoxy) is 1. The summed E-state index contributed by atoms with van der Waals surface area (Å²) in [7, 11) is 0. The Morgan fingerprint density at radius 2 is 2.41 bits per heavy atom. The maximum Gasteiger partial charge on any atom is 0.244 e. The van der Waals surface area contributed by atoms with Crippen molar-refractivity contribution in [2.75, 3.05) is 18.5 Å². The highest BCUT2D eigenvalue weighted by Crippen LogP contribution is 2.10. The second kappa shape index (κ2) is 5.25. The third-order valence-electron chi connectivity index (χ3n) is 2.74. The Labute approximate surface area is 101 Å². The summed E-state index contributed by atoms with van der Waals surface area (Å²) in [5.74, 6) is -0.0791. The number of nitrogens with one attached hydrogen (secondary N) is 2. The van der Waals surface area contributed by atoms with Crippen LogP contribution in [-0.2, 0) is 9.53 Å². The van der Waals surface area contributed by atoms with Gasteiger partial charge in [-0.05, 0) is 25.5 Å². The van der Waals surface area contributed by atoms with Crippen molar-refractivity contribution in [2.45, 2.75) is 26.0 Å². The molecule has 0 spiro atoms. The molecule has 1 aliphatic heterocycles. The third-order valence-corrected chi connectivity index (χ3v) is 2.74. The van der Waals surface area contributed by atoms with Gasteiger partial charge in [-0.3, -0.25) is 9.78 Å². The van der Waals surface area contributed by atoms with E-state index in [-0.39, 0.29) is 18.1 Å². The lowest BCUT2D eigenvalue weighted by Gasteiger charge is -2.29. The minimum absolute atomic E-state index is 0.0791. The van der Waals surface area contributed by atoms with E-state index in [0.29, 0.717) is 13.2 Å². The van der Waals surface area contributed by atoms with E-state index in [1.807, 2.05) is 19.9 Å². The van der Waals surface area contributed by atoms with Crippen molar-refractivity contribution >= 4 is 11.6 Å². The van der Waals surface area contributed by atoms with Crippen molar-refractivity contribution in [3.63, 3.8) is 0 Å². The van der Waals surface area contributed by atoms with Crippen LogP contribution in [0.2, 0.25) is 0 Å². The molecule has 1 saturated heterocycles. The lowest BCUT2D eigenvalue weighted by Crippen LogP contribution is -2.53. The fraction of sp³-hybridized carbons (Fsp3) is 0.500. The molecule has 5 heteroatoms. The predicted molar refractivity (Wildman–Crippen MR) is 64.8 cm³/mol. The zero-order valence-electron chi connectivity index (χ0n) is 10.1. The number of carbonyl (C=O) groups excluding carboxylic acids is 1. The van der Waals surface area contributed by atoms with Gasteiger partial charge in [-0.1, -0.05) is 0 Å². The number of hydrogen-bond donors (Lipinski definition) is 2. The molecule has 0 aliphatic carbocycles. The average molecular weight is 235 g/mol. The number of nitrogens with zero attached hydrogens (tertiary/aromatic N) is 1. The van der Waals surface area contributed by atoms with Gasteiger partial charge >= 0.3 is 0 Å². The average Bonchev–Trinajstić information content (AvgIpc) is 2.29. The van der Waals surface area contributed by atoms with Gasteiger partial charge in [0, 0.05) is 12.7 Å². The Morgan fingerprint density at radius 3 is 3.12 bits per heavy atom. The quantitative estimate of drug-likeness (QED) is 0.792. The summed E-state index contributed by atoms with van der Waals surface area (Å²) < 4.78 is 5.43. The van der Waals surface area contributed by atoms with Gasteiger partial charge in [0.15, 0.2) is 0 Å². The molecule has 5 nitrogen and oxygen atoms in total. The fourth-order valence-corrected chi connectivity index (χ4v) is 1.87. The molecule has 2 atom stereocenters. The topological polar surface area (TPSA) is 63.2 Å². The van der Waals surface area contributed by atoms with Crippen molar-refractivity contribution in [3.05, 3.63) is 24.0 Å². The predicted octanol–water partition coefficient (Wildman–Crippen LogP) is 0.705. The van der Waals surface area contributed by atoms with Crippen molar-refractivity contribution in [1.29, 1.82) is 0 Å². The largest absolute Gasteiger partial charge is 0.375 e.